The maximum absolute atomic E-state index is 10.1. The number of rotatable bonds is 3. The Morgan fingerprint density at radius 3 is 2.85 bits per heavy atom. The number of halogens is 1. The molecule has 13 heavy (non-hydrogen) atoms. The minimum absolute atomic E-state index is 0.567. The van der Waals surface area contributed by atoms with Gasteiger partial charge in [0, 0.05) is 5.56 Å². The predicted molar refractivity (Wildman–Crippen MR) is 53.1 cm³/mol. The van der Waals surface area contributed by atoms with Gasteiger partial charge in [-0.15, -0.1) is 0 Å². The minimum atomic E-state index is 0.567. The number of hydrogen-bond acceptors (Lipinski definition) is 2. The van der Waals surface area contributed by atoms with Gasteiger partial charge in [-0.1, -0.05) is 17.7 Å². The summed E-state index contributed by atoms with van der Waals surface area (Å²) in [6, 6.07) is 5.32. The molecule has 0 spiro atoms. The third-order valence-corrected chi connectivity index (χ3v) is 1.90. The summed E-state index contributed by atoms with van der Waals surface area (Å²) in [6.07, 6.45) is 3.70. The van der Waals surface area contributed by atoms with Crippen molar-refractivity contribution in [3.8, 4) is 5.75 Å². The van der Waals surface area contributed by atoms with Crippen LogP contribution in [0.4, 0.5) is 0 Å². The highest BCUT2D eigenvalue weighted by Crippen LogP contribution is 2.27. The zero-order valence-corrected chi connectivity index (χ0v) is 7.91. The fourth-order valence-electron chi connectivity index (χ4n) is 0.992. The van der Waals surface area contributed by atoms with Gasteiger partial charge in [-0.25, -0.2) is 0 Å². The van der Waals surface area contributed by atoms with Gasteiger partial charge < -0.3 is 4.74 Å². The van der Waals surface area contributed by atoms with Gasteiger partial charge in [-0.3, -0.25) is 4.79 Å². The van der Waals surface area contributed by atoms with Crippen LogP contribution in [0.1, 0.15) is 5.56 Å². The van der Waals surface area contributed by atoms with Crippen molar-refractivity contribution in [1.29, 1.82) is 0 Å². The highest BCUT2D eigenvalue weighted by atomic mass is 35.5. The number of hydrogen-bond donors (Lipinski definition) is 0. The van der Waals surface area contributed by atoms with Crippen molar-refractivity contribution in [2.45, 2.75) is 0 Å². The average molecular weight is 197 g/mol. The Bertz CT molecular complexity index is 332. The van der Waals surface area contributed by atoms with Gasteiger partial charge in [-0.05, 0) is 24.3 Å². The number of aldehydes is 1. The first-order valence-electron chi connectivity index (χ1n) is 3.74. The molecule has 0 aliphatic carbocycles. The molecule has 1 rings (SSSR count). The van der Waals surface area contributed by atoms with Crippen molar-refractivity contribution in [3.63, 3.8) is 0 Å². The molecule has 68 valence electrons. The van der Waals surface area contributed by atoms with E-state index in [4.69, 9.17) is 16.3 Å². The summed E-state index contributed by atoms with van der Waals surface area (Å²) in [5, 5.41) is 0.567. The number of benzene rings is 1. The first kappa shape index (κ1) is 9.81. The van der Waals surface area contributed by atoms with E-state index in [9.17, 15) is 4.79 Å². The van der Waals surface area contributed by atoms with E-state index in [0.29, 0.717) is 17.1 Å². The lowest BCUT2D eigenvalue weighted by Crippen LogP contribution is -1.87. The maximum atomic E-state index is 10.1. The summed E-state index contributed by atoms with van der Waals surface area (Å²) in [5.74, 6) is 0.658. The van der Waals surface area contributed by atoms with Crippen molar-refractivity contribution in [2.75, 3.05) is 7.11 Å². The number of allylic oxidation sites excluding steroid dienone is 1. The van der Waals surface area contributed by atoms with E-state index in [2.05, 4.69) is 0 Å². The van der Waals surface area contributed by atoms with Crippen LogP contribution in [0.15, 0.2) is 24.3 Å². The van der Waals surface area contributed by atoms with Crippen LogP contribution in [-0.4, -0.2) is 13.4 Å². The molecule has 1 aromatic rings. The Kier molecular flexibility index (Phi) is 3.53. The molecular formula is C10H9ClO2. The summed E-state index contributed by atoms with van der Waals surface area (Å²) >= 11 is 5.90. The Balaban J connectivity index is 3.14. The molecule has 3 heteroatoms. The number of carbonyl (C=O) groups is 1. The molecule has 0 fully saturated rings. The summed E-state index contributed by atoms with van der Waals surface area (Å²) in [5.41, 5.74) is 0.721. The Morgan fingerprint density at radius 1 is 1.46 bits per heavy atom. The van der Waals surface area contributed by atoms with Gasteiger partial charge in [0.25, 0.3) is 0 Å². The molecule has 0 radical (unpaired) electrons. The molecular weight excluding hydrogens is 188 g/mol. The molecule has 2 nitrogen and oxygen atoms in total. The van der Waals surface area contributed by atoms with Crippen LogP contribution in [0.2, 0.25) is 5.02 Å². The van der Waals surface area contributed by atoms with E-state index in [-0.39, 0.29) is 0 Å². The second-order valence-corrected chi connectivity index (χ2v) is 2.76. The van der Waals surface area contributed by atoms with E-state index in [1.54, 1.807) is 31.4 Å². The topological polar surface area (TPSA) is 26.3 Å². The van der Waals surface area contributed by atoms with Crippen molar-refractivity contribution < 1.29 is 9.53 Å². The van der Waals surface area contributed by atoms with Crippen LogP contribution < -0.4 is 4.74 Å². The summed E-state index contributed by atoms with van der Waals surface area (Å²) in [7, 11) is 1.56. The highest BCUT2D eigenvalue weighted by molar-refractivity contribution is 6.32. The Morgan fingerprint density at radius 2 is 2.23 bits per heavy atom. The van der Waals surface area contributed by atoms with E-state index < -0.39 is 0 Å². The lowest BCUT2D eigenvalue weighted by atomic mass is 10.2. The van der Waals surface area contributed by atoms with Crippen molar-refractivity contribution >= 4 is 24.0 Å². The van der Waals surface area contributed by atoms with Crippen LogP contribution in [0.5, 0.6) is 5.75 Å². The second kappa shape index (κ2) is 4.67. The van der Waals surface area contributed by atoms with Crippen molar-refractivity contribution in [1.82, 2.24) is 0 Å². The predicted octanol–water partition coefficient (Wildman–Crippen LogP) is 2.56. The van der Waals surface area contributed by atoms with Crippen LogP contribution in [-0.2, 0) is 4.79 Å². The average Bonchev–Trinajstić information content (AvgIpc) is 2.15. The fourth-order valence-corrected chi connectivity index (χ4v) is 1.22. The van der Waals surface area contributed by atoms with E-state index in [1.807, 2.05) is 0 Å². The third-order valence-electron chi connectivity index (χ3n) is 1.57. The third kappa shape index (κ3) is 2.33. The SMILES string of the molecule is COc1cccc(Cl)c1/C=C/C=O. The first-order valence-corrected chi connectivity index (χ1v) is 4.11. The molecule has 0 heterocycles. The normalized spacial score (nSPS) is 10.3. The first-order chi connectivity index (χ1) is 6.29. The van der Waals surface area contributed by atoms with Crippen molar-refractivity contribution in [3.05, 3.63) is 34.9 Å². The molecule has 0 atom stereocenters. The molecule has 0 aliphatic rings. The molecule has 1 aromatic carbocycles. The number of ether oxygens (including phenoxy) is 1. The van der Waals surface area contributed by atoms with Crippen LogP contribution in [0, 0.1) is 0 Å². The largest absolute Gasteiger partial charge is 0.496 e. The molecule has 0 saturated carbocycles. The fraction of sp³-hybridized carbons (Fsp3) is 0.100. The number of carbonyl (C=O) groups excluding carboxylic acids is 1. The smallest absolute Gasteiger partial charge is 0.142 e. The quantitative estimate of drug-likeness (QED) is 0.549. The zero-order valence-electron chi connectivity index (χ0n) is 7.16. The standard InChI is InChI=1S/C10H9ClO2/c1-13-10-6-2-5-9(11)8(10)4-3-7-12/h2-7H,1H3/b4-3+. The maximum Gasteiger partial charge on any atom is 0.142 e. The van der Waals surface area contributed by atoms with Gasteiger partial charge in [0.15, 0.2) is 0 Å². The summed E-state index contributed by atoms with van der Waals surface area (Å²) in [4.78, 5) is 10.1. The lowest BCUT2D eigenvalue weighted by Gasteiger charge is -2.05. The van der Waals surface area contributed by atoms with Gasteiger partial charge >= 0.3 is 0 Å². The molecule has 0 N–H and O–H groups in total. The summed E-state index contributed by atoms with van der Waals surface area (Å²) in [6.45, 7) is 0. The monoisotopic (exact) mass is 196 g/mol. The molecule has 0 unspecified atom stereocenters. The van der Waals surface area contributed by atoms with E-state index in [1.165, 1.54) is 6.08 Å². The summed E-state index contributed by atoms with van der Waals surface area (Å²) < 4.78 is 5.07. The Hall–Kier alpha value is -1.28. The van der Waals surface area contributed by atoms with Gasteiger partial charge in [0.1, 0.15) is 12.0 Å². The van der Waals surface area contributed by atoms with E-state index in [0.717, 1.165) is 5.56 Å². The second-order valence-electron chi connectivity index (χ2n) is 2.35. The van der Waals surface area contributed by atoms with Gasteiger partial charge in [0.05, 0.1) is 12.1 Å². The minimum Gasteiger partial charge on any atom is -0.496 e. The number of methoxy groups -OCH3 is 1. The van der Waals surface area contributed by atoms with Crippen LogP contribution >= 0.6 is 11.6 Å². The Labute approximate surface area is 81.8 Å². The highest BCUT2D eigenvalue weighted by Gasteiger charge is 2.02. The zero-order chi connectivity index (χ0) is 9.68. The van der Waals surface area contributed by atoms with Gasteiger partial charge in [-0.2, -0.15) is 0 Å². The molecule has 0 aliphatic heterocycles. The molecule has 0 bridgehead atoms. The molecule has 0 aromatic heterocycles. The van der Waals surface area contributed by atoms with Gasteiger partial charge in [0.2, 0.25) is 0 Å². The van der Waals surface area contributed by atoms with Crippen LogP contribution in [0.3, 0.4) is 0 Å². The van der Waals surface area contributed by atoms with Crippen LogP contribution in [0.25, 0.3) is 6.08 Å². The molecule has 0 saturated heterocycles. The molecule has 0 amide bonds. The van der Waals surface area contributed by atoms with Crippen molar-refractivity contribution in [2.24, 2.45) is 0 Å². The lowest BCUT2D eigenvalue weighted by molar-refractivity contribution is -0.104. The van der Waals surface area contributed by atoms with E-state index >= 15 is 0 Å².